The van der Waals surface area contributed by atoms with Gasteiger partial charge < -0.3 is 5.32 Å². The lowest BCUT2D eigenvalue weighted by atomic mass is 9.80. The van der Waals surface area contributed by atoms with Gasteiger partial charge in [-0.25, -0.2) is 0 Å². The van der Waals surface area contributed by atoms with E-state index in [2.05, 4.69) is 46.5 Å². The van der Waals surface area contributed by atoms with Gasteiger partial charge >= 0.3 is 0 Å². The standard InChI is InChI=1S/C18H23N3/c1-2-10-21-18(17-13-19-11-12-20-17)16-8-6-15(7-9-16)14-4-3-5-14/h6-9,11-14,18,21H,2-5,10H2,1H3. The second kappa shape index (κ2) is 6.81. The van der Waals surface area contributed by atoms with Crippen LogP contribution in [0.1, 0.15) is 61.4 Å². The molecule has 1 aliphatic carbocycles. The van der Waals surface area contributed by atoms with Crippen molar-refractivity contribution in [2.24, 2.45) is 0 Å². The van der Waals surface area contributed by atoms with Crippen molar-refractivity contribution in [3.8, 4) is 0 Å². The fourth-order valence-corrected chi connectivity index (χ4v) is 2.84. The molecule has 21 heavy (non-hydrogen) atoms. The molecule has 0 amide bonds. The van der Waals surface area contributed by atoms with E-state index in [1.807, 2.05) is 6.20 Å². The van der Waals surface area contributed by atoms with Crippen LogP contribution in [0.5, 0.6) is 0 Å². The minimum atomic E-state index is 0.133. The molecule has 0 saturated heterocycles. The molecule has 0 bridgehead atoms. The molecular weight excluding hydrogens is 258 g/mol. The number of nitrogens with one attached hydrogen (secondary N) is 1. The first-order valence-electron chi connectivity index (χ1n) is 7.97. The summed E-state index contributed by atoms with van der Waals surface area (Å²) < 4.78 is 0. The first-order valence-corrected chi connectivity index (χ1v) is 7.97. The topological polar surface area (TPSA) is 37.8 Å². The average Bonchev–Trinajstić information content (AvgIpc) is 2.49. The Morgan fingerprint density at radius 2 is 2.00 bits per heavy atom. The van der Waals surface area contributed by atoms with Gasteiger partial charge in [-0.1, -0.05) is 37.6 Å². The number of aromatic nitrogens is 2. The smallest absolute Gasteiger partial charge is 0.0801 e. The van der Waals surface area contributed by atoms with Crippen LogP contribution in [-0.4, -0.2) is 16.5 Å². The van der Waals surface area contributed by atoms with E-state index in [0.717, 1.165) is 24.6 Å². The van der Waals surface area contributed by atoms with Gasteiger partial charge in [0.1, 0.15) is 0 Å². The second-order valence-electron chi connectivity index (χ2n) is 5.81. The van der Waals surface area contributed by atoms with Crippen molar-refractivity contribution < 1.29 is 0 Å². The monoisotopic (exact) mass is 281 g/mol. The van der Waals surface area contributed by atoms with Crippen molar-refractivity contribution in [2.45, 2.75) is 44.6 Å². The van der Waals surface area contributed by atoms with Gasteiger partial charge in [0.15, 0.2) is 0 Å². The average molecular weight is 281 g/mol. The third-order valence-electron chi connectivity index (χ3n) is 4.32. The van der Waals surface area contributed by atoms with Crippen molar-refractivity contribution in [1.82, 2.24) is 15.3 Å². The molecule has 1 heterocycles. The first kappa shape index (κ1) is 14.2. The third-order valence-corrected chi connectivity index (χ3v) is 4.32. The van der Waals surface area contributed by atoms with Gasteiger partial charge in [-0.2, -0.15) is 0 Å². The molecule has 0 spiro atoms. The molecule has 2 aromatic rings. The Balaban J connectivity index is 1.81. The molecule has 3 rings (SSSR count). The lowest BCUT2D eigenvalue weighted by Gasteiger charge is -2.26. The maximum Gasteiger partial charge on any atom is 0.0801 e. The van der Waals surface area contributed by atoms with Crippen molar-refractivity contribution in [3.05, 3.63) is 59.7 Å². The lowest BCUT2D eigenvalue weighted by Crippen LogP contribution is -2.24. The van der Waals surface area contributed by atoms with Gasteiger partial charge in [-0.3, -0.25) is 9.97 Å². The number of nitrogens with zero attached hydrogens (tertiary/aromatic N) is 2. The molecule has 1 fully saturated rings. The highest BCUT2D eigenvalue weighted by Crippen LogP contribution is 2.36. The van der Waals surface area contributed by atoms with E-state index in [0.29, 0.717) is 0 Å². The highest BCUT2D eigenvalue weighted by molar-refractivity contribution is 5.32. The first-order chi connectivity index (χ1) is 10.4. The highest BCUT2D eigenvalue weighted by Gasteiger charge is 2.20. The predicted octanol–water partition coefficient (Wildman–Crippen LogP) is 3.83. The highest BCUT2D eigenvalue weighted by atomic mass is 14.9. The fourth-order valence-electron chi connectivity index (χ4n) is 2.84. The van der Waals surface area contributed by atoms with Gasteiger partial charge in [0.25, 0.3) is 0 Å². The molecule has 1 N–H and O–H groups in total. The zero-order chi connectivity index (χ0) is 14.5. The van der Waals surface area contributed by atoms with Gasteiger partial charge in [-0.05, 0) is 42.9 Å². The number of benzene rings is 1. The van der Waals surface area contributed by atoms with Crippen LogP contribution in [0, 0.1) is 0 Å². The molecule has 1 unspecified atom stereocenters. The summed E-state index contributed by atoms with van der Waals surface area (Å²) in [5.74, 6) is 0.789. The van der Waals surface area contributed by atoms with Crippen molar-refractivity contribution in [3.63, 3.8) is 0 Å². The molecular formula is C18H23N3. The zero-order valence-electron chi connectivity index (χ0n) is 12.6. The SMILES string of the molecule is CCCNC(c1ccc(C2CCC2)cc1)c1cnccn1. The summed E-state index contributed by atoms with van der Waals surface area (Å²) in [6.45, 7) is 3.16. The largest absolute Gasteiger partial charge is 0.305 e. The van der Waals surface area contributed by atoms with Crippen LogP contribution in [0.2, 0.25) is 0 Å². The second-order valence-corrected chi connectivity index (χ2v) is 5.81. The van der Waals surface area contributed by atoms with E-state index < -0.39 is 0 Å². The van der Waals surface area contributed by atoms with E-state index in [9.17, 15) is 0 Å². The van der Waals surface area contributed by atoms with E-state index in [-0.39, 0.29) is 6.04 Å². The molecule has 0 radical (unpaired) electrons. The summed E-state index contributed by atoms with van der Waals surface area (Å²) in [5, 5.41) is 3.58. The molecule has 1 aliphatic rings. The fraction of sp³-hybridized carbons (Fsp3) is 0.444. The lowest BCUT2D eigenvalue weighted by molar-refractivity contribution is 0.419. The van der Waals surface area contributed by atoms with Gasteiger partial charge in [0.2, 0.25) is 0 Å². The maximum absolute atomic E-state index is 4.47. The number of rotatable bonds is 6. The summed E-state index contributed by atoms with van der Waals surface area (Å²) in [5.41, 5.74) is 3.74. The Bertz CT molecular complexity index is 546. The Hall–Kier alpha value is -1.74. The van der Waals surface area contributed by atoms with Gasteiger partial charge in [0, 0.05) is 12.4 Å². The quantitative estimate of drug-likeness (QED) is 0.874. The Morgan fingerprint density at radius 1 is 1.19 bits per heavy atom. The molecule has 1 aromatic heterocycles. The number of hydrogen-bond donors (Lipinski definition) is 1. The summed E-state index contributed by atoms with van der Waals surface area (Å²) >= 11 is 0. The molecule has 1 aromatic carbocycles. The van der Waals surface area contributed by atoms with E-state index in [1.165, 1.54) is 30.4 Å². The van der Waals surface area contributed by atoms with Crippen molar-refractivity contribution in [2.75, 3.05) is 6.54 Å². The van der Waals surface area contributed by atoms with Crippen LogP contribution < -0.4 is 5.32 Å². The Morgan fingerprint density at radius 3 is 2.57 bits per heavy atom. The van der Waals surface area contributed by atoms with Crippen LogP contribution in [0.3, 0.4) is 0 Å². The molecule has 3 nitrogen and oxygen atoms in total. The molecule has 110 valence electrons. The van der Waals surface area contributed by atoms with Gasteiger partial charge in [-0.15, -0.1) is 0 Å². The van der Waals surface area contributed by atoms with E-state index >= 15 is 0 Å². The van der Waals surface area contributed by atoms with Crippen LogP contribution in [-0.2, 0) is 0 Å². The zero-order valence-corrected chi connectivity index (χ0v) is 12.6. The van der Waals surface area contributed by atoms with Crippen molar-refractivity contribution in [1.29, 1.82) is 0 Å². The Kier molecular flexibility index (Phi) is 4.61. The van der Waals surface area contributed by atoms with Crippen LogP contribution >= 0.6 is 0 Å². The van der Waals surface area contributed by atoms with Crippen LogP contribution in [0.15, 0.2) is 42.9 Å². The van der Waals surface area contributed by atoms with Crippen LogP contribution in [0.4, 0.5) is 0 Å². The summed E-state index contributed by atoms with van der Waals surface area (Å²) in [4.78, 5) is 8.67. The maximum atomic E-state index is 4.47. The minimum Gasteiger partial charge on any atom is -0.305 e. The summed E-state index contributed by atoms with van der Waals surface area (Å²) in [6.07, 6.45) is 10.5. The van der Waals surface area contributed by atoms with Crippen LogP contribution in [0.25, 0.3) is 0 Å². The molecule has 0 aliphatic heterocycles. The summed E-state index contributed by atoms with van der Waals surface area (Å²) in [7, 11) is 0. The third kappa shape index (κ3) is 3.30. The van der Waals surface area contributed by atoms with E-state index in [1.54, 1.807) is 12.4 Å². The summed E-state index contributed by atoms with van der Waals surface area (Å²) in [6, 6.07) is 9.20. The molecule has 1 saturated carbocycles. The van der Waals surface area contributed by atoms with Crippen molar-refractivity contribution >= 4 is 0 Å². The van der Waals surface area contributed by atoms with Gasteiger partial charge in [0.05, 0.1) is 17.9 Å². The predicted molar refractivity (Wildman–Crippen MR) is 85.2 cm³/mol. The number of hydrogen-bond acceptors (Lipinski definition) is 3. The molecule has 1 atom stereocenters. The molecule has 3 heteroatoms. The normalized spacial score (nSPS) is 16.4. The Labute approximate surface area is 126 Å². The minimum absolute atomic E-state index is 0.133. The van der Waals surface area contributed by atoms with E-state index in [4.69, 9.17) is 0 Å².